The van der Waals surface area contributed by atoms with Crippen molar-refractivity contribution in [3.63, 3.8) is 0 Å². The van der Waals surface area contributed by atoms with Crippen LogP contribution in [-0.2, 0) is 9.47 Å². The molecule has 0 aromatic carbocycles. The van der Waals surface area contributed by atoms with Gasteiger partial charge in [-0.3, -0.25) is 9.89 Å². The minimum Gasteiger partial charge on any atom is -0.382 e. The monoisotopic (exact) mass is 456 g/mol. The van der Waals surface area contributed by atoms with E-state index in [4.69, 9.17) is 14.5 Å². The first-order chi connectivity index (χ1) is 11.3. The molecule has 1 rings (SSSR count). The topological polar surface area (TPSA) is 58.1 Å². The summed E-state index contributed by atoms with van der Waals surface area (Å²) in [5.74, 6) is 0.941. The van der Waals surface area contributed by atoms with Gasteiger partial charge in [0.25, 0.3) is 0 Å². The number of guanidine groups is 1. The lowest BCUT2D eigenvalue weighted by Crippen LogP contribution is -2.39. The Bertz CT molecular complexity index is 319. The summed E-state index contributed by atoms with van der Waals surface area (Å²) in [4.78, 5) is 7.29. The number of unbranched alkanes of at least 4 members (excludes halogenated alkanes) is 1. The number of hydrogen-bond acceptors (Lipinski definition) is 4. The zero-order valence-electron chi connectivity index (χ0n) is 15.7. The van der Waals surface area contributed by atoms with Crippen molar-refractivity contribution in [3.05, 3.63) is 0 Å². The third-order valence-corrected chi connectivity index (χ3v) is 4.15. The van der Waals surface area contributed by atoms with Crippen LogP contribution in [0.5, 0.6) is 0 Å². The number of nitrogens with one attached hydrogen (secondary N) is 2. The van der Waals surface area contributed by atoms with Gasteiger partial charge in [-0.15, -0.1) is 24.0 Å². The van der Waals surface area contributed by atoms with Gasteiger partial charge in [0.1, 0.15) is 0 Å². The van der Waals surface area contributed by atoms with Gasteiger partial charge in [-0.25, -0.2) is 0 Å². The van der Waals surface area contributed by atoms with E-state index in [9.17, 15) is 0 Å². The Kier molecular flexibility index (Phi) is 16.3. The van der Waals surface area contributed by atoms with Gasteiger partial charge in [0, 0.05) is 32.8 Å². The predicted molar refractivity (Wildman–Crippen MR) is 112 cm³/mol. The Morgan fingerprint density at radius 2 is 2.00 bits per heavy atom. The molecule has 1 aliphatic heterocycles. The largest absolute Gasteiger partial charge is 0.382 e. The summed E-state index contributed by atoms with van der Waals surface area (Å²) in [6.45, 7) is 11.6. The van der Waals surface area contributed by atoms with E-state index in [1.54, 1.807) is 7.11 Å². The Balaban J connectivity index is 0.00000529. The van der Waals surface area contributed by atoms with Crippen molar-refractivity contribution in [3.8, 4) is 0 Å². The maximum Gasteiger partial charge on any atom is 0.191 e. The highest BCUT2D eigenvalue weighted by molar-refractivity contribution is 14.0. The fourth-order valence-corrected chi connectivity index (χ4v) is 2.84. The molecule has 2 N–H and O–H groups in total. The molecule has 1 unspecified atom stereocenters. The molecule has 0 aromatic heterocycles. The van der Waals surface area contributed by atoms with Gasteiger partial charge in [0.05, 0.1) is 19.8 Å². The van der Waals surface area contributed by atoms with Gasteiger partial charge >= 0.3 is 0 Å². The van der Waals surface area contributed by atoms with Crippen LogP contribution in [0.25, 0.3) is 0 Å². The molecule has 1 heterocycles. The van der Waals surface area contributed by atoms with Crippen LogP contribution in [0.15, 0.2) is 4.99 Å². The van der Waals surface area contributed by atoms with Crippen LogP contribution < -0.4 is 10.6 Å². The van der Waals surface area contributed by atoms with Crippen molar-refractivity contribution in [2.75, 3.05) is 59.7 Å². The normalized spacial score (nSPS) is 18.5. The molecule has 7 heteroatoms. The van der Waals surface area contributed by atoms with Gasteiger partial charge in [-0.05, 0) is 45.7 Å². The van der Waals surface area contributed by atoms with Crippen molar-refractivity contribution < 1.29 is 9.47 Å². The molecule has 0 radical (unpaired) electrons. The second kappa shape index (κ2) is 16.4. The first-order valence-electron chi connectivity index (χ1n) is 9.14. The molecule has 0 amide bonds. The average molecular weight is 456 g/mol. The number of halogens is 1. The van der Waals surface area contributed by atoms with Gasteiger partial charge < -0.3 is 20.1 Å². The molecular weight excluding hydrogens is 419 g/mol. The molecule has 0 aliphatic carbocycles. The number of aliphatic imine (C=N–C) groups is 1. The zero-order valence-corrected chi connectivity index (χ0v) is 18.0. The van der Waals surface area contributed by atoms with Crippen molar-refractivity contribution in [1.29, 1.82) is 0 Å². The lowest BCUT2D eigenvalue weighted by Gasteiger charge is -2.21. The Morgan fingerprint density at radius 1 is 1.17 bits per heavy atom. The van der Waals surface area contributed by atoms with Crippen LogP contribution >= 0.6 is 24.0 Å². The molecule has 0 aromatic rings. The summed E-state index contributed by atoms with van der Waals surface area (Å²) in [6.07, 6.45) is 4.72. The SMILES string of the molecule is CCNC(=NCC1CCCN1CC)NCCCCOCCOC.I. The lowest BCUT2D eigenvalue weighted by molar-refractivity contribution is 0.0689. The summed E-state index contributed by atoms with van der Waals surface area (Å²) in [5.41, 5.74) is 0. The van der Waals surface area contributed by atoms with Crippen LogP contribution in [0.3, 0.4) is 0 Å². The van der Waals surface area contributed by atoms with E-state index in [0.29, 0.717) is 19.3 Å². The minimum atomic E-state index is 0. The van der Waals surface area contributed by atoms with E-state index >= 15 is 0 Å². The van der Waals surface area contributed by atoms with Crippen LogP contribution in [-0.4, -0.2) is 76.6 Å². The highest BCUT2D eigenvalue weighted by Gasteiger charge is 2.22. The van der Waals surface area contributed by atoms with E-state index in [2.05, 4.69) is 29.4 Å². The summed E-state index contributed by atoms with van der Waals surface area (Å²) in [6, 6.07) is 0.615. The van der Waals surface area contributed by atoms with Gasteiger partial charge in [0.2, 0.25) is 0 Å². The number of ether oxygens (including phenoxy) is 2. The molecule has 6 nitrogen and oxygen atoms in total. The first kappa shape index (κ1) is 23.9. The van der Waals surface area contributed by atoms with E-state index in [1.807, 2.05) is 0 Å². The average Bonchev–Trinajstić information content (AvgIpc) is 3.02. The van der Waals surface area contributed by atoms with Crippen LogP contribution in [0, 0.1) is 0 Å². The molecule has 24 heavy (non-hydrogen) atoms. The number of likely N-dealkylation sites (N-methyl/N-ethyl adjacent to an activating group) is 1. The second-order valence-electron chi connectivity index (χ2n) is 5.88. The van der Waals surface area contributed by atoms with Gasteiger partial charge in [0.15, 0.2) is 5.96 Å². The number of rotatable bonds is 12. The third kappa shape index (κ3) is 10.7. The molecule has 1 atom stereocenters. The summed E-state index contributed by atoms with van der Waals surface area (Å²) in [5, 5.41) is 6.75. The Morgan fingerprint density at radius 3 is 2.71 bits per heavy atom. The van der Waals surface area contributed by atoms with Gasteiger partial charge in [-0.2, -0.15) is 0 Å². The fraction of sp³-hybridized carbons (Fsp3) is 0.941. The number of nitrogens with zero attached hydrogens (tertiary/aromatic N) is 2. The Hall–Kier alpha value is -0.120. The van der Waals surface area contributed by atoms with E-state index < -0.39 is 0 Å². The highest BCUT2D eigenvalue weighted by atomic mass is 127. The number of methoxy groups -OCH3 is 1. The lowest BCUT2D eigenvalue weighted by atomic mass is 10.2. The molecular formula is C17H37IN4O2. The predicted octanol–water partition coefficient (Wildman–Crippen LogP) is 2.09. The van der Waals surface area contributed by atoms with Crippen LogP contribution in [0.2, 0.25) is 0 Å². The zero-order chi connectivity index (χ0) is 16.8. The first-order valence-corrected chi connectivity index (χ1v) is 9.14. The van der Waals surface area contributed by atoms with E-state index in [-0.39, 0.29) is 24.0 Å². The fourth-order valence-electron chi connectivity index (χ4n) is 2.84. The van der Waals surface area contributed by atoms with E-state index in [0.717, 1.165) is 51.6 Å². The minimum absolute atomic E-state index is 0. The molecule has 1 fully saturated rings. The van der Waals surface area contributed by atoms with Crippen molar-refractivity contribution in [2.24, 2.45) is 4.99 Å². The molecule has 0 bridgehead atoms. The molecule has 144 valence electrons. The molecule has 1 saturated heterocycles. The van der Waals surface area contributed by atoms with Crippen LogP contribution in [0.4, 0.5) is 0 Å². The summed E-state index contributed by atoms with van der Waals surface area (Å²) < 4.78 is 10.4. The maximum atomic E-state index is 5.46. The quantitative estimate of drug-likeness (QED) is 0.204. The second-order valence-corrected chi connectivity index (χ2v) is 5.88. The molecule has 0 spiro atoms. The number of likely N-dealkylation sites (tertiary alicyclic amines) is 1. The summed E-state index contributed by atoms with van der Waals surface area (Å²) >= 11 is 0. The third-order valence-electron chi connectivity index (χ3n) is 4.15. The van der Waals surface area contributed by atoms with Crippen LogP contribution in [0.1, 0.15) is 39.5 Å². The van der Waals surface area contributed by atoms with Crippen molar-refractivity contribution >= 4 is 29.9 Å². The van der Waals surface area contributed by atoms with E-state index in [1.165, 1.54) is 19.4 Å². The standard InChI is InChI=1S/C17H36N4O2.HI/c1-4-18-17(19-10-6-7-12-23-14-13-22-3)20-15-16-9-8-11-21(16)5-2;/h16H,4-15H2,1-3H3,(H2,18,19,20);1H. The smallest absolute Gasteiger partial charge is 0.191 e. The van der Waals surface area contributed by atoms with Crippen molar-refractivity contribution in [1.82, 2.24) is 15.5 Å². The molecule has 0 saturated carbocycles. The molecule has 1 aliphatic rings. The summed E-state index contributed by atoms with van der Waals surface area (Å²) in [7, 11) is 1.69. The maximum absolute atomic E-state index is 5.46. The highest BCUT2D eigenvalue weighted by Crippen LogP contribution is 2.16. The van der Waals surface area contributed by atoms with Gasteiger partial charge in [-0.1, -0.05) is 6.92 Å². The van der Waals surface area contributed by atoms with Crippen molar-refractivity contribution in [2.45, 2.75) is 45.6 Å². The number of hydrogen-bond donors (Lipinski definition) is 2. The Labute approximate surface area is 165 Å².